The molecule has 0 bridgehead atoms. The van der Waals surface area contributed by atoms with Crippen LogP contribution in [0.15, 0.2) is 12.3 Å². The number of fused-ring (bicyclic) bond motifs is 1. The number of anilines is 2. The monoisotopic (exact) mass is 328 g/mol. The predicted octanol–water partition coefficient (Wildman–Crippen LogP) is 1.90. The summed E-state index contributed by atoms with van der Waals surface area (Å²) >= 11 is 0. The number of hydrogen-bond acceptors (Lipinski definition) is 6. The van der Waals surface area contributed by atoms with Gasteiger partial charge in [-0.05, 0) is 32.8 Å². The van der Waals surface area contributed by atoms with Gasteiger partial charge in [-0.1, -0.05) is 0 Å². The minimum Gasteiger partial charge on any atom is -0.379 e. The van der Waals surface area contributed by atoms with E-state index in [-0.39, 0.29) is 0 Å². The third-order valence-corrected chi connectivity index (χ3v) is 4.90. The number of imidazole rings is 1. The molecule has 24 heavy (non-hydrogen) atoms. The van der Waals surface area contributed by atoms with E-state index in [0.29, 0.717) is 6.04 Å². The summed E-state index contributed by atoms with van der Waals surface area (Å²) in [6.45, 7) is 8.41. The second kappa shape index (κ2) is 6.39. The van der Waals surface area contributed by atoms with E-state index in [0.717, 1.165) is 69.0 Å². The van der Waals surface area contributed by atoms with Crippen molar-refractivity contribution in [1.82, 2.24) is 19.5 Å². The van der Waals surface area contributed by atoms with Crippen LogP contribution in [0.1, 0.15) is 30.1 Å². The summed E-state index contributed by atoms with van der Waals surface area (Å²) in [5.74, 6) is 2.73. The van der Waals surface area contributed by atoms with E-state index in [9.17, 15) is 0 Å². The lowest BCUT2D eigenvalue weighted by Gasteiger charge is -2.29. The van der Waals surface area contributed by atoms with Gasteiger partial charge in [0.2, 0.25) is 5.95 Å². The Labute approximate surface area is 142 Å². The molecule has 1 unspecified atom stereocenters. The van der Waals surface area contributed by atoms with E-state index in [2.05, 4.69) is 38.6 Å². The number of rotatable bonds is 3. The first-order chi connectivity index (χ1) is 11.7. The molecular weight excluding hydrogens is 304 g/mol. The minimum atomic E-state index is 0.340. The van der Waals surface area contributed by atoms with Crippen molar-refractivity contribution in [3.63, 3.8) is 0 Å². The largest absolute Gasteiger partial charge is 0.379 e. The highest BCUT2D eigenvalue weighted by Gasteiger charge is 2.22. The van der Waals surface area contributed by atoms with E-state index >= 15 is 0 Å². The third kappa shape index (κ3) is 2.96. The van der Waals surface area contributed by atoms with Gasteiger partial charge < -0.3 is 19.5 Å². The standard InChI is InChI=1S/C17H24N6O/c1-12-13(2)23-8-7-22(10-16(23)19-12)17-18-6-5-15(21-17)20-14-4-3-9-24-11-14/h5-6,14H,3-4,7-11H2,1-2H3,(H,18,20,21). The predicted molar refractivity (Wildman–Crippen MR) is 92.2 cm³/mol. The van der Waals surface area contributed by atoms with Crippen LogP contribution in [0.2, 0.25) is 0 Å². The minimum absolute atomic E-state index is 0.340. The summed E-state index contributed by atoms with van der Waals surface area (Å²) in [5.41, 5.74) is 2.37. The Morgan fingerprint density at radius 1 is 1.25 bits per heavy atom. The van der Waals surface area contributed by atoms with Gasteiger partial charge in [0.1, 0.15) is 11.6 Å². The number of hydrogen-bond donors (Lipinski definition) is 1. The molecule has 7 heteroatoms. The second-order valence-electron chi connectivity index (χ2n) is 6.57. The van der Waals surface area contributed by atoms with Crippen LogP contribution in [0.5, 0.6) is 0 Å². The third-order valence-electron chi connectivity index (χ3n) is 4.90. The van der Waals surface area contributed by atoms with Crippen molar-refractivity contribution in [2.45, 2.75) is 45.8 Å². The van der Waals surface area contributed by atoms with Crippen LogP contribution >= 0.6 is 0 Å². The van der Waals surface area contributed by atoms with Gasteiger partial charge in [-0.25, -0.2) is 9.97 Å². The molecule has 2 aromatic rings. The van der Waals surface area contributed by atoms with Crippen molar-refractivity contribution in [3.05, 3.63) is 29.5 Å². The van der Waals surface area contributed by atoms with Crippen molar-refractivity contribution < 1.29 is 4.74 Å². The SMILES string of the molecule is Cc1nc2n(c1C)CCN(c1nccc(NC3CCCOC3)n1)C2. The Morgan fingerprint density at radius 2 is 2.17 bits per heavy atom. The molecule has 0 aliphatic carbocycles. The Hall–Kier alpha value is -2.15. The van der Waals surface area contributed by atoms with E-state index in [1.165, 1.54) is 5.69 Å². The lowest BCUT2D eigenvalue weighted by Crippen LogP contribution is -2.35. The van der Waals surface area contributed by atoms with Gasteiger partial charge in [-0.3, -0.25) is 0 Å². The van der Waals surface area contributed by atoms with Gasteiger partial charge in [-0.15, -0.1) is 0 Å². The highest BCUT2D eigenvalue weighted by Crippen LogP contribution is 2.21. The van der Waals surface area contributed by atoms with Crippen molar-refractivity contribution in [2.24, 2.45) is 0 Å². The zero-order valence-corrected chi connectivity index (χ0v) is 14.3. The quantitative estimate of drug-likeness (QED) is 0.928. The summed E-state index contributed by atoms with van der Waals surface area (Å²) in [4.78, 5) is 16.0. The first kappa shape index (κ1) is 15.4. The molecule has 0 saturated carbocycles. The molecule has 1 N–H and O–H groups in total. The normalized spacial score (nSPS) is 20.8. The van der Waals surface area contributed by atoms with Crippen LogP contribution < -0.4 is 10.2 Å². The second-order valence-corrected chi connectivity index (χ2v) is 6.57. The molecule has 0 radical (unpaired) electrons. The summed E-state index contributed by atoms with van der Waals surface area (Å²) in [6, 6.07) is 2.27. The van der Waals surface area contributed by atoms with Crippen molar-refractivity contribution in [1.29, 1.82) is 0 Å². The Balaban J connectivity index is 1.49. The molecule has 0 spiro atoms. The van der Waals surface area contributed by atoms with Gasteiger partial charge in [0.25, 0.3) is 0 Å². The molecule has 1 saturated heterocycles. The molecule has 7 nitrogen and oxygen atoms in total. The number of aryl methyl sites for hydroxylation is 1. The maximum absolute atomic E-state index is 5.53. The van der Waals surface area contributed by atoms with Crippen LogP contribution in [-0.2, 0) is 17.8 Å². The summed E-state index contributed by atoms with van der Waals surface area (Å²) in [5, 5.41) is 3.47. The molecule has 128 valence electrons. The molecule has 2 aliphatic rings. The Kier molecular flexibility index (Phi) is 4.10. The lowest BCUT2D eigenvalue weighted by molar-refractivity contribution is 0.0875. The molecule has 1 fully saturated rings. The average molecular weight is 328 g/mol. The van der Waals surface area contributed by atoms with Gasteiger partial charge in [0.15, 0.2) is 0 Å². The van der Waals surface area contributed by atoms with Gasteiger partial charge in [0, 0.05) is 31.6 Å². The summed E-state index contributed by atoms with van der Waals surface area (Å²) < 4.78 is 7.82. The van der Waals surface area contributed by atoms with Gasteiger partial charge in [-0.2, -0.15) is 4.98 Å². The van der Waals surface area contributed by atoms with Crippen molar-refractivity contribution >= 4 is 11.8 Å². The first-order valence-corrected chi connectivity index (χ1v) is 8.65. The molecule has 2 aliphatic heterocycles. The van der Waals surface area contributed by atoms with E-state index in [4.69, 9.17) is 9.72 Å². The average Bonchev–Trinajstić information content (AvgIpc) is 2.90. The zero-order valence-electron chi connectivity index (χ0n) is 14.3. The fourth-order valence-corrected chi connectivity index (χ4v) is 3.43. The molecule has 4 heterocycles. The highest BCUT2D eigenvalue weighted by molar-refractivity contribution is 5.42. The van der Waals surface area contributed by atoms with Crippen LogP contribution in [0.4, 0.5) is 11.8 Å². The van der Waals surface area contributed by atoms with Crippen molar-refractivity contribution in [3.8, 4) is 0 Å². The van der Waals surface area contributed by atoms with Crippen LogP contribution in [0.3, 0.4) is 0 Å². The van der Waals surface area contributed by atoms with E-state index in [1.807, 2.05) is 12.3 Å². The Bertz CT molecular complexity index is 722. The van der Waals surface area contributed by atoms with Gasteiger partial charge >= 0.3 is 0 Å². The summed E-state index contributed by atoms with van der Waals surface area (Å²) in [6.07, 6.45) is 4.05. The Morgan fingerprint density at radius 3 is 3.00 bits per heavy atom. The number of aromatic nitrogens is 4. The first-order valence-electron chi connectivity index (χ1n) is 8.65. The summed E-state index contributed by atoms with van der Waals surface area (Å²) in [7, 11) is 0. The molecular formula is C17H24N6O. The molecule has 1 atom stereocenters. The number of nitrogens with zero attached hydrogens (tertiary/aromatic N) is 5. The fraction of sp³-hybridized carbons (Fsp3) is 0.588. The zero-order chi connectivity index (χ0) is 16.5. The maximum atomic E-state index is 5.53. The van der Waals surface area contributed by atoms with Crippen LogP contribution in [0, 0.1) is 13.8 Å². The topological polar surface area (TPSA) is 68.1 Å². The molecule has 0 aromatic carbocycles. The number of ether oxygens (including phenoxy) is 1. The molecule has 4 rings (SSSR count). The molecule has 2 aromatic heterocycles. The van der Waals surface area contributed by atoms with Gasteiger partial charge in [0.05, 0.1) is 24.9 Å². The maximum Gasteiger partial charge on any atom is 0.227 e. The lowest BCUT2D eigenvalue weighted by atomic mass is 10.1. The van der Waals surface area contributed by atoms with E-state index in [1.54, 1.807) is 0 Å². The number of nitrogens with one attached hydrogen (secondary N) is 1. The van der Waals surface area contributed by atoms with Crippen LogP contribution in [-0.4, -0.2) is 45.3 Å². The highest BCUT2D eigenvalue weighted by atomic mass is 16.5. The van der Waals surface area contributed by atoms with Crippen molar-refractivity contribution in [2.75, 3.05) is 30.0 Å². The van der Waals surface area contributed by atoms with E-state index < -0.39 is 0 Å². The smallest absolute Gasteiger partial charge is 0.227 e. The molecule has 0 amide bonds. The fourth-order valence-electron chi connectivity index (χ4n) is 3.43. The van der Waals surface area contributed by atoms with Crippen LogP contribution in [0.25, 0.3) is 0 Å².